The number of hydrogen-bond acceptors (Lipinski definition) is 10. The molecule has 0 radical (unpaired) electrons. The van der Waals surface area contributed by atoms with Gasteiger partial charge in [-0.1, -0.05) is 18.2 Å². The molecule has 6 rings (SSSR count). The average molecular weight is 539 g/mol. The van der Waals surface area contributed by atoms with Crippen molar-refractivity contribution in [3.05, 3.63) is 100.0 Å². The number of phenolic OH excluding ortho intramolecular Hbond substituents is 3. The first-order valence-electron chi connectivity index (χ1n) is 12.2. The van der Waals surface area contributed by atoms with Crippen molar-refractivity contribution in [1.29, 1.82) is 0 Å². The van der Waals surface area contributed by atoms with Crippen LogP contribution in [0.5, 0.6) is 34.5 Å². The van der Waals surface area contributed by atoms with Crippen LogP contribution in [0.25, 0.3) is 22.3 Å². The number of aromatic nitrogens is 1. The van der Waals surface area contributed by atoms with Gasteiger partial charge in [0.25, 0.3) is 0 Å². The molecule has 0 saturated carbocycles. The van der Waals surface area contributed by atoms with Crippen LogP contribution in [0, 0.1) is 0 Å². The molecule has 0 fully saturated rings. The number of rotatable bonds is 5. The van der Waals surface area contributed by atoms with Crippen LogP contribution >= 0.6 is 0 Å². The molecule has 5 aromatic rings. The Labute approximate surface area is 225 Å². The molecule has 40 heavy (non-hydrogen) atoms. The van der Waals surface area contributed by atoms with Crippen LogP contribution < -0.4 is 14.9 Å². The first kappa shape index (κ1) is 24.8. The Morgan fingerprint density at radius 2 is 1.77 bits per heavy atom. The molecule has 2 aromatic heterocycles. The van der Waals surface area contributed by atoms with Crippen LogP contribution in [-0.4, -0.2) is 31.4 Å². The second-order valence-corrected chi connectivity index (χ2v) is 9.28. The van der Waals surface area contributed by atoms with Crippen LogP contribution in [-0.2, 0) is 11.4 Å². The van der Waals surface area contributed by atoms with Crippen LogP contribution in [0.4, 0.5) is 0 Å². The van der Waals surface area contributed by atoms with Gasteiger partial charge in [0.05, 0.1) is 6.42 Å². The number of carbonyl (C=O) groups excluding carboxylic acids is 1. The lowest BCUT2D eigenvalue weighted by Crippen LogP contribution is -2.22. The Hall–Kier alpha value is -5.51. The highest BCUT2D eigenvalue weighted by atomic mass is 16.5. The van der Waals surface area contributed by atoms with Gasteiger partial charge < -0.3 is 34.3 Å². The van der Waals surface area contributed by atoms with E-state index in [4.69, 9.17) is 13.9 Å². The van der Waals surface area contributed by atoms with Gasteiger partial charge in [-0.15, -0.1) is 0 Å². The number of fused-ring (bicyclic) bond motifs is 3. The van der Waals surface area contributed by atoms with E-state index in [0.717, 1.165) is 17.7 Å². The fourth-order valence-electron chi connectivity index (χ4n) is 4.80. The average Bonchev–Trinajstić information content (AvgIpc) is 2.95. The normalized spacial score (nSPS) is 14.5. The van der Waals surface area contributed by atoms with Gasteiger partial charge in [-0.25, -0.2) is 0 Å². The molecule has 3 heterocycles. The summed E-state index contributed by atoms with van der Waals surface area (Å²) in [5.74, 6) is -3.22. The quantitative estimate of drug-likeness (QED) is 0.140. The van der Waals surface area contributed by atoms with Gasteiger partial charge in [0.15, 0.2) is 17.3 Å². The second kappa shape index (κ2) is 9.66. The highest BCUT2D eigenvalue weighted by molar-refractivity contribution is 5.94. The van der Waals surface area contributed by atoms with Gasteiger partial charge in [-0.2, -0.15) is 0 Å². The molecule has 1 aliphatic heterocycles. The lowest BCUT2D eigenvalue weighted by molar-refractivity contribution is -0.135. The summed E-state index contributed by atoms with van der Waals surface area (Å²) in [4.78, 5) is 29.9. The zero-order valence-electron chi connectivity index (χ0n) is 20.7. The summed E-state index contributed by atoms with van der Waals surface area (Å²) in [7, 11) is 0. The number of phenols is 3. The number of pyridine rings is 1. The molecule has 0 amide bonds. The summed E-state index contributed by atoms with van der Waals surface area (Å²) in [6.45, 7) is 0.272. The van der Waals surface area contributed by atoms with Gasteiger partial charge in [-0.05, 0) is 42.0 Å². The third-order valence-electron chi connectivity index (χ3n) is 6.69. The summed E-state index contributed by atoms with van der Waals surface area (Å²) < 4.78 is 17.4. The monoisotopic (exact) mass is 539 g/mol. The van der Waals surface area contributed by atoms with E-state index in [0.29, 0.717) is 16.9 Å². The maximum Gasteiger partial charge on any atom is 0.312 e. The van der Waals surface area contributed by atoms with Crippen molar-refractivity contribution < 1.29 is 39.1 Å². The topological polar surface area (TPSA) is 160 Å². The minimum Gasteiger partial charge on any atom is -0.507 e. The van der Waals surface area contributed by atoms with Crippen molar-refractivity contribution in [2.75, 3.05) is 0 Å². The van der Waals surface area contributed by atoms with Gasteiger partial charge in [0, 0.05) is 41.1 Å². The minimum absolute atomic E-state index is 0.00118. The fraction of sp³-hybridized carbons (Fsp3) is 0.100. The molecule has 10 heteroatoms. The SMILES string of the molecule is O=C1CC(c2cccc(OCc3cccnc3)c2)c2c(cc(O)c3c(=O)c(O)c(-c4ccc(O)c(O)c4)oc23)O1. The molecule has 10 nitrogen and oxygen atoms in total. The highest BCUT2D eigenvalue weighted by Gasteiger charge is 2.34. The van der Waals surface area contributed by atoms with Crippen molar-refractivity contribution >= 4 is 16.9 Å². The maximum atomic E-state index is 13.2. The second-order valence-electron chi connectivity index (χ2n) is 9.28. The Kier molecular flexibility index (Phi) is 5.99. The summed E-state index contributed by atoms with van der Waals surface area (Å²) in [6, 6.07) is 15.6. The molecule has 200 valence electrons. The predicted octanol–water partition coefficient (Wildman–Crippen LogP) is 4.70. The summed E-state index contributed by atoms with van der Waals surface area (Å²) in [6.07, 6.45) is 3.26. The smallest absolute Gasteiger partial charge is 0.312 e. The Balaban J connectivity index is 1.51. The van der Waals surface area contributed by atoms with Crippen LogP contribution in [0.1, 0.15) is 29.0 Å². The minimum atomic E-state index is -0.923. The molecule has 1 unspecified atom stereocenters. The third kappa shape index (κ3) is 4.31. The number of benzene rings is 3. The van der Waals surface area contributed by atoms with E-state index in [2.05, 4.69) is 4.98 Å². The Morgan fingerprint density at radius 3 is 2.55 bits per heavy atom. The molecule has 0 saturated heterocycles. The van der Waals surface area contributed by atoms with Crippen molar-refractivity contribution in [3.63, 3.8) is 0 Å². The van der Waals surface area contributed by atoms with Gasteiger partial charge >= 0.3 is 5.97 Å². The largest absolute Gasteiger partial charge is 0.507 e. The van der Waals surface area contributed by atoms with Gasteiger partial charge in [0.1, 0.15) is 34.8 Å². The standard InChI is InChI=1S/C30H21NO9/c32-20-7-6-17(10-21(20)33)29-28(37)27(36)26-22(34)12-23-25(30(26)40-29)19(11-24(35)39-23)16-4-1-5-18(9-16)38-14-15-3-2-8-31-13-15/h1-10,12-13,19,32-34,37H,11,14H2. The molecule has 0 aliphatic carbocycles. The first-order valence-corrected chi connectivity index (χ1v) is 12.2. The molecule has 3 aromatic carbocycles. The molecular formula is C30H21NO9. The van der Waals surface area contributed by atoms with Crippen molar-refractivity contribution in [2.24, 2.45) is 0 Å². The van der Waals surface area contributed by atoms with E-state index in [1.807, 2.05) is 6.07 Å². The van der Waals surface area contributed by atoms with Crippen LogP contribution in [0.15, 0.2) is 82.3 Å². The van der Waals surface area contributed by atoms with Crippen LogP contribution in [0.2, 0.25) is 0 Å². The number of carbonyl (C=O) groups is 1. The number of esters is 1. The summed E-state index contributed by atoms with van der Waals surface area (Å²) in [5.41, 5.74) is 0.925. The van der Waals surface area contributed by atoms with E-state index in [-0.39, 0.29) is 41.1 Å². The summed E-state index contributed by atoms with van der Waals surface area (Å²) >= 11 is 0. The zero-order chi connectivity index (χ0) is 28.0. The summed E-state index contributed by atoms with van der Waals surface area (Å²) in [5, 5.41) is 40.7. The molecule has 0 spiro atoms. The van der Waals surface area contributed by atoms with Gasteiger partial charge in [0.2, 0.25) is 11.2 Å². The third-order valence-corrected chi connectivity index (χ3v) is 6.69. The Bertz CT molecular complexity index is 1850. The number of nitrogens with zero attached hydrogens (tertiary/aromatic N) is 1. The number of aromatic hydroxyl groups is 4. The lowest BCUT2D eigenvalue weighted by atomic mass is 9.85. The predicted molar refractivity (Wildman–Crippen MR) is 142 cm³/mol. The van der Waals surface area contributed by atoms with Crippen molar-refractivity contribution in [3.8, 4) is 45.8 Å². The van der Waals surface area contributed by atoms with E-state index in [9.17, 15) is 30.0 Å². The number of hydrogen-bond donors (Lipinski definition) is 4. The molecule has 1 atom stereocenters. The molecule has 4 N–H and O–H groups in total. The Morgan fingerprint density at radius 1 is 0.925 bits per heavy atom. The number of ether oxygens (including phenoxy) is 2. The van der Waals surface area contributed by atoms with E-state index >= 15 is 0 Å². The lowest BCUT2D eigenvalue weighted by Gasteiger charge is -2.26. The highest BCUT2D eigenvalue weighted by Crippen LogP contribution is 2.47. The van der Waals surface area contributed by atoms with Crippen molar-refractivity contribution in [1.82, 2.24) is 4.98 Å². The van der Waals surface area contributed by atoms with E-state index in [1.54, 1.807) is 42.7 Å². The van der Waals surface area contributed by atoms with E-state index < -0.39 is 40.3 Å². The zero-order valence-corrected chi connectivity index (χ0v) is 20.7. The van der Waals surface area contributed by atoms with Gasteiger partial charge in [-0.3, -0.25) is 14.6 Å². The molecule has 0 bridgehead atoms. The first-order chi connectivity index (χ1) is 19.3. The maximum absolute atomic E-state index is 13.2. The van der Waals surface area contributed by atoms with Crippen LogP contribution in [0.3, 0.4) is 0 Å². The molecular weight excluding hydrogens is 518 g/mol. The fourth-order valence-corrected chi connectivity index (χ4v) is 4.80. The van der Waals surface area contributed by atoms with E-state index in [1.165, 1.54) is 12.1 Å². The molecule has 1 aliphatic rings. The van der Waals surface area contributed by atoms with Crippen molar-refractivity contribution in [2.45, 2.75) is 18.9 Å².